The van der Waals surface area contributed by atoms with Crippen molar-refractivity contribution >= 4 is 23.4 Å². The lowest BCUT2D eigenvalue weighted by Crippen LogP contribution is -2.42. The molecule has 2 aliphatic rings. The molecule has 1 saturated heterocycles. The molecule has 0 radical (unpaired) electrons. The normalized spacial score (nSPS) is 16.3. The number of rotatable bonds is 9. The van der Waals surface area contributed by atoms with E-state index in [1.165, 1.54) is 40.7 Å². The standard InChI is InChI=1S/C37H39F3N6O4/c1-5-44(27-17-19-43(23-27)22-24-9-7-6-8-10-24)35(48)30-21-28(50-4)15-16-31(30)46-32-29(33(41-46)37(38,39)40)18-20-45(36(32)49)26-13-11-25(12-14-26)34(47)42(2)3/h6-16,21,27H,5,17-20,22-23H2,1-4H3/t27-/m1/s1. The summed E-state index contributed by atoms with van der Waals surface area (Å²) in [5, 5.41) is 3.98. The number of nitrogens with zero attached hydrogens (tertiary/aromatic N) is 6. The van der Waals surface area contributed by atoms with Gasteiger partial charge in [0.2, 0.25) is 0 Å². The largest absolute Gasteiger partial charge is 0.497 e. The van der Waals surface area contributed by atoms with Crippen LogP contribution in [0.3, 0.4) is 0 Å². The average Bonchev–Trinajstić information content (AvgIpc) is 3.74. The van der Waals surface area contributed by atoms with Crippen LogP contribution in [0.25, 0.3) is 5.69 Å². The number of hydrogen-bond acceptors (Lipinski definition) is 6. The Labute approximate surface area is 288 Å². The zero-order valence-electron chi connectivity index (χ0n) is 28.4. The van der Waals surface area contributed by atoms with E-state index in [9.17, 15) is 27.6 Å². The highest BCUT2D eigenvalue weighted by Gasteiger charge is 2.44. The second kappa shape index (κ2) is 14.0. The molecule has 1 fully saturated rings. The maximum atomic E-state index is 14.5. The maximum Gasteiger partial charge on any atom is 0.435 e. The van der Waals surface area contributed by atoms with Crippen LogP contribution < -0.4 is 9.64 Å². The molecule has 10 nitrogen and oxygen atoms in total. The van der Waals surface area contributed by atoms with Gasteiger partial charge in [0.15, 0.2) is 5.69 Å². The molecule has 0 N–H and O–H groups in total. The minimum Gasteiger partial charge on any atom is -0.497 e. The number of aromatic nitrogens is 2. The van der Waals surface area contributed by atoms with Gasteiger partial charge in [0.1, 0.15) is 11.4 Å². The zero-order chi connectivity index (χ0) is 35.7. The van der Waals surface area contributed by atoms with Crippen LogP contribution in [0.5, 0.6) is 5.75 Å². The average molecular weight is 689 g/mol. The quantitative estimate of drug-likeness (QED) is 0.230. The third-order valence-electron chi connectivity index (χ3n) is 9.32. The van der Waals surface area contributed by atoms with Crippen LogP contribution in [0.4, 0.5) is 18.9 Å². The molecule has 0 saturated carbocycles. The van der Waals surface area contributed by atoms with Gasteiger partial charge in [-0.15, -0.1) is 0 Å². The molecule has 0 spiro atoms. The Balaban J connectivity index is 1.37. The molecular weight excluding hydrogens is 649 g/mol. The number of anilines is 1. The fraction of sp³-hybridized carbons (Fsp3) is 0.351. The molecule has 3 aromatic carbocycles. The van der Waals surface area contributed by atoms with E-state index in [1.54, 1.807) is 43.3 Å². The van der Waals surface area contributed by atoms with E-state index in [-0.39, 0.29) is 47.4 Å². The zero-order valence-corrected chi connectivity index (χ0v) is 28.4. The smallest absolute Gasteiger partial charge is 0.435 e. The number of amides is 3. The van der Waals surface area contributed by atoms with Crippen molar-refractivity contribution in [2.45, 2.75) is 38.5 Å². The number of hydrogen-bond donors (Lipinski definition) is 0. The van der Waals surface area contributed by atoms with Crippen LogP contribution in [-0.2, 0) is 19.1 Å². The number of likely N-dealkylation sites (N-methyl/N-ethyl adjacent to an activating group) is 1. The molecule has 6 rings (SSSR count). The van der Waals surface area contributed by atoms with Gasteiger partial charge in [-0.1, -0.05) is 30.3 Å². The second-order valence-corrected chi connectivity index (χ2v) is 12.7. The topological polar surface area (TPSA) is 91.2 Å². The fourth-order valence-electron chi connectivity index (χ4n) is 6.82. The highest BCUT2D eigenvalue weighted by molar-refractivity contribution is 6.08. The van der Waals surface area contributed by atoms with Crippen LogP contribution >= 0.6 is 0 Å². The number of likely N-dealkylation sites (tertiary alicyclic amines) is 1. The predicted octanol–water partition coefficient (Wildman–Crippen LogP) is 5.54. The molecule has 2 aliphatic heterocycles. The molecule has 262 valence electrons. The number of benzene rings is 3. The molecule has 0 bridgehead atoms. The first-order valence-electron chi connectivity index (χ1n) is 16.5. The number of alkyl halides is 3. The van der Waals surface area contributed by atoms with Crippen molar-refractivity contribution in [3.8, 4) is 11.4 Å². The van der Waals surface area contributed by atoms with Gasteiger partial charge in [0, 0.05) is 69.7 Å². The summed E-state index contributed by atoms with van der Waals surface area (Å²) in [6, 6.07) is 20.7. The van der Waals surface area contributed by atoms with Crippen molar-refractivity contribution in [3.05, 3.63) is 106 Å². The number of ether oxygens (including phenoxy) is 1. The van der Waals surface area contributed by atoms with Crippen molar-refractivity contribution < 1.29 is 32.3 Å². The molecule has 13 heteroatoms. The molecule has 1 aromatic heterocycles. The predicted molar refractivity (Wildman–Crippen MR) is 182 cm³/mol. The van der Waals surface area contributed by atoms with Crippen molar-refractivity contribution in [2.75, 3.05) is 52.3 Å². The number of methoxy groups -OCH3 is 1. The van der Waals surface area contributed by atoms with Gasteiger partial charge in [-0.25, -0.2) is 4.68 Å². The Kier molecular flexibility index (Phi) is 9.70. The summed E-state index contributed by atoms with van der Waals surface area (Å²) in [5.41, 5.74) is 0.439. The highest BCUT2D eigenvalue weighted by atomic mass is 19.4. The Bertz CT molecular complexity index is 1890. The Hall–Kier alpha value is -5.17. The number of halogens is 3. The lowest BCUT2D eigenvalue weighted by molar-refractivity contribution is -0.141. The minimum absolute atomic E-state index is 0.0270. The maximum absolute atomic E-state index is 14.5. The minimum atomic E-state index is -4.84. The molecule has 1 atom stereocenters. The van der Waals surface area contributed by atoms with E-state index in [1.807, 2.05) is 25.1 Å². The first-order chi connectivity index (χ1) is 23.9. The molecule has 0 aliphatic carbocycles. The lowest BCUT2D eigenvalue weighted by Gasteiger charge is -2.30. The molecule has 3 amide bonds. The van der Waals surface area contributed by atoms with Gasteiger partial charge < -0.3 is 19.4 Å². The summed E-state index contributed by atoms with van der Waals surface area (Å²) in [7, 11) is 4.69. The Morgan fingerprint density at radius 1 is 0.980 bits per heavy atom. The second-order valence-electron chi connectivity index (χ2n) is 12.7. The summed E-state index contributed by atoms with van der Waals surface area (Å²) in [6.45, 7) is 4.36. The molecule has 0 unspecified atom stereocenters. The van der Waals surface area contributed by atoms with Crippen LogP contribution in [0, 0.1) is 0 Å². The summed E-state index contributed by atoms with van der Waals surface area (Å²) < 4.78 is 49.8. The van der Waals surface area contributed by atoms with Gasteiger partial charge >= 0.3 is 6.18 Å². The van der Waals surface area contributed by atoms with Crippen LogP contribution in [0.15, 0.2) is 72.8 Å². The van der Waals surface area contributed by atoms with Crippen molar-refractivity contribution in [2.24, 2.45) is 0 Å². The third-order valence-corrected chi connectivity index (χ3v) is 9.32. The SMILES string of the molecule is CCN(C(=O)c1cc(OC)ccc1-n1nc(C(F)(F)F)c2c1C(=O)N(c1ccc(C(=O)N(C)C)cc1)CC2)[C@@H]1CCN(Cc2ccccc2)C1. The first-order valence-corrected chi connectivity index (χ1v) is 16.5. The van der Waals surface area contributed by atoms with Gasteiger partial charge in [-0.3, -0.25) is 19.3 Å². The van der Waals surface area contributed by atoms with Gasteiger partial charge in [-0.05, 0) is 67.8 Å². The van der Waals surface area contributed by atoms with E-state index in [0.717, 1.165) is 24.2 Å². The molecule has 4 aromatic rings. The van der Waals surface area contributed by atoms with Gasteiger partial charge in [-0.2, -0.15) is 18.3 Å². The van der Waals surface area contributed by atoms with Gasteiger partial charge in [0.25, 0.3) is 17.7 Å². The van der Waals surface area contributed by atoms with E-state index < -0.39 is 23.7 Å². The van der Waals surface area contributed by atoms with E-state index in [2.05, 4.69) is 22.1 Å². The lowest BCUT2D eigenvalue weighted by atomic mass is 10.0. The van der Waals surface area contributed by atoms with Gasteiger partial charge in [0.05, 0.1) is 18.4 Å². The fourth-order valence-corrected chi connectivity index (χ4v) is 6.82. The number of fused-ring (bicyclic) bond motifs is 1. The van der Waals surface area contributed by atoms with Crippen LogP contribution in [0.1, 0.15) is 61.4 Å². The van der Waals surface area contributed by atoms with E-state index in [4.69, 9.17) is 4.74 Å². The van der Waals surface area contributed by atoms with Crippen molar-refractivity contribution in [1.29, 1.82) is 0 Å². The van der Waals surface area contributed by atoms with Crippen LogP contribution in [-0.4, -0.2) is 95.6 Å². The van der Waals surface area contributed by atoms with E-state index >= 15 is 0 Å². The monoisotopic (exact) mass is 688 g/mol. The first kappa shape index (κ1) is 34.7. The summed E-state index contributed by atoms with van der Waals surface area (Å²) in [4.78, 5) is 47.8. The summed E-state index contributed by atoms with van der Waals surface area (Å²) in [6.07, 6.45) is -4.23. The van der Waals surface area contributed by atoms with E-state index in [0.29, 0.717) is 30.1 Å². The third kappa shape index (κ3) is 6.69. The molecule has 50 heavy (non-hydrogen) atoms. The number of carbonyl (C=O) groups excluding carboxylic acids is 3. The van der Waals surface area contributed by atoms with Crippen molar-refractivity contribution in [1.82, 2.24) is 24.5 Å². The molecular formula is C37H39F3N6O4. The number of carbonyl (C=O) groups is 3. The Morgan fingerprint density at radius 3 is 2.34 bits per heavy atom. The van der Waals surface area contributed by atoms with Crippen LogP contribution in [0.2, 0.25) is 0 Å². The Morgan fingerprint density at radius 2 is 1.70 bits per heavy atom. The summed E-state index contributed by atoms with van der Waals surface area (Å²) >= 11 is 0. The summed E-state index contributed by atoms with van der Waals surface area (Å²) in [5.74, 6) is -0.986. The van der Waals surface area contributed by atoms with Crippen molar-refractivity contribution in [3.63, 3.8) is 0 Å². The molecule has 3 heterocycles. The highest BCUT2D eigenvalue weighted by Crippen LogP contribution is 2.38.